The number of rotatable bonds is 2. The minimum absolute atomic E-state index is 0.497. The van der Waals surface area contributed by atoms with Crippen molar-refractivity contribution in [2.24, 2.45) is 34.3 Å². The molecule has 2 bridgehead atoms. The molecule has 3 aliphatic rings. The minimum atomic E-state index is 0.497. The van der Waals surface area contributed by atoms with E-state index in [1.165, 1.54) is 19.3 Å². The summed E-state index contributed by atoms with van der Waals surface area (Å²) in [5, 5.41) is 0. The van der Waals surface area contributed by atoms with Crippen molar-refractivity contribution in [3.05, 3.63) is 12.2 Å². The van der Waals surface area contributed by atoms with Crippen LogP contribution >= 0.6 is 0 Å². The van der Waals surface area contributed by atoms with Crippen molar-refractivity contribution >= 4 is 0 Å². The Hall–Kier alpha value is -0.300. The molecule has 4 unspecified atom stereocenters. The predicted octanol–water partition coefficient (Wildman–Crippen LogP) is 2.57. The summed E-state index contributed by atoms with van der Waals surface area (Å²) < 4.78 is 0. The van der Waals surface area contributed by atoms with Gasteiger partial charge in [0.15, 0.2) is 0 Å². The van der Waals surface area contributed by atoms with Crippen molar-refractivity contribution in [3.8, 4) is 0 Å². The van der Waals surface area contributed by atoms with Crippen LogP contribution in [0.5, 0.6) is 0 Å². The van der Waals surface area contributed by atoms with Gasteiger partial charge in [-0.15, -0.1) is 0 Å². The lowest BCUT2D eigenvalue weighted by molar-refractivity contribution is 0.217. The first kappa shape index (κ1) is 8.96. The SMILES string of the molecule is CC1(C)CC1(CN)C1CC2C=CC1C2. The molecule has 78 valence electrons. The fourth-order valence-electron chi connectivity index (χ4n) is 4.29. The fraction of sp³-hybridized carbons (Fsp3) is 0.846. The van der Waals surface area contributed by atoms with E-state index in [1.54, 1.807) is 0 Å². The third-order valence-electron chi connectivity index (χ3n) is 5.33. The van der Waals surface area contributed by atoms with Gasteiger partial charge < -0.3 is 5.73 Å². The van der Waals surface area contributed by atoms with E-state index in [0.29, 0.717) is 10.8 Å². The van der Waals surface area contributed by atoms with Crippen molar-refractivity contribution < 1.29 is 0 Å². The van der Waals surface area contributed by atoms with Gasteiger partial charge in [0.25, 0.3) is 0 Å². The molecule has 3 rings (SSSR count). The third-order valence-corrected chi connectivity index (χ3v) is 5.33. The lowest BCUT2D eigenvalue weighted by Crippen LogP contribution is -2.32. The predicted molar refractivity (Wildman–Crippen MR) is 58.7 cm³/mol. The Morgan fingerprint density at radius 3 is 2.36 bits per heavy atom. The molecule has 0 spiro atoms. The van der Waals surface area contributed by atoms with Gasteiger partial charge in [0.1, 0.15) is 0 Å². The lowest BCUT2D eigenvalue weighted by atomic mass is 9.75. The van der Waals surface area contributed by atoms with Gasteiger partial charge in [-0.3, -0.25) is 0 Å². The van der Waals surface area contributed by atoms with E-state index in [1.807, 2.05) is 0 Å². The van der Waals surface area contributed by atoms with E-state index in [4.69, 9.17) is 5.73 Å². The zero-order chi connectivity index (χ0) is 9.97. The third kappa shape index (κ3) is 0.894. The van der Waals surface area contributed by atoms with Crippen molar-refractivity contribution in [1.82, 2.24) is 0 Å². The van der Waals surface area contributed by atoms with Gasteiger partial charge in [-0.05, 0) is 54.4 Å². The van der Waals surface area contributed by atoms with Crippen molar-refractivity contribution in [2.45, 2.75) is 33.1 Å². The number of fused-ring (bicyclic) bond motifs is 2. The summed E-state index contributed by atoms with van der Waals surface area (Å²) in [4.78, 5) is 0. The van der Waals surface area contributed by atoms with Gasteiger partial charge in [0.05, 0.1) is 0 Å². The zero-order valence-corrected chi connectivity index (χ0v) is 9.29. The second-order valence-corrected chi connectivity index (χ2v) is 6.31. The van der Waals surface area contributed by atoms with E-state index in [9.17, 15) is 0 Å². The first-order valence-corrected chi connectivity index (χ1v) is 5.97. The van der Waals surface area contributed by atoms with Crippen molar-refractivity contribution in [2.75, 3.05) is 6.54 Å². The Kier molecular flexibility index (Phi) is 1.56. The molecule has 0 heterocycles. The van der Waals surface area contributed by atoms with Gasteiger partial charge in [-0.2, -0.15) is 0 Å². The molecular formula is C13H21N. The summed E-state index contributed by atoms with van der Waals surface area (Å²) in [5.41, 5.74) is 7.05. The molecule has 2 saturated carbocycles. The maximum atomic E-state index is 6.03. The van der Waals surface area contributed by atoms with E-state index >= 15 is 0 Å². The standard InChI is InChI=1S/C13H21N/c1-12(2)7-13(12,8-14)11-6-9-3-4-10(11)5-9/h3-4,9-11H,5-8,14H2,1-2H3. The molecular weight excluding hydrogens is 170 g/mol. The van der Waals surface area contributed by atoms with E-state index in [-0.39, 0.29) is 0 Å². The maximum absolute atomic E-state index is 6.03. The van der Waals surface area contributed by atoms with Gasteiger partial charge in [-0.25, -0.2) is 0 Å². The Morgan fingerprint density at radius 2 is 2.00 bits per heavy atom. The molecule has 3 aliphatic carbocycles. The van der Waals surface area contributed by atoms with Crippen molar-refractivity contribution in [3.63, 3.8) is 0 Å². The molecule has 0 aromatic heterocycles. The molecule has 1 heteroatoms. The number of allylic oxidation sites excluding steroid dienone is 2. The molecule has 0 saturated heterocycles. The molecule has 0 aromatic rings. The smallest absolute Gasteiger partial charge is 0.00123 e. The van der Waals surface area contributed by atoms with Gasteiger partial charge in [0, 0.05) is 0 Å². The Bertz CT molecular complexity index is 292. The zero-order valence-electron chi connectivity index (χ0n) is 9.29. The molecule has 0 aromatic carbocycles. The van der Waals surface area contributed by atoms with Crippen LogP contribution in [0.3, 0.4) is 0 Å². The molecule has 1 nitrogen and oxygen atoms in total. The van der Waals surface area contributed by atoms with Gasteiger partial charge >= 0.3 is 0 Å². The highest BCUT2D eigenvalue weighted by molar-refractivity contribution is 5.21. The first-order valence-electron chi connectivity index (χ1n) is 5.97. The molecule has 2 N–H and O–H groups in total. The number of nitrogens with two attached hydrogens (primary N) is 1. The second kappa shape index (κ2) is 2.44. The molecule has 0 radical (unpaired) electrons. The van der Waals surface area contributed by atoms with Crippen LogP contribution in [0.2, 0.25) is 0 Å². The molecule has 0 aliphatic heterocycles. The molecule has 4 atom stereocenters. The lowest BCUT2D eigenvalue weighted by Gasteiger charge is -2.31. The summed E-state index contributed by atoms with van der Waals surface area (Å²) in [5.74, 6) is 2.66. The highest BCUT2D eigenvalue weighted by Crippen LogP contribution is 2.71. The molecule has 14 heavy (non-hydrogen) atoms. The topological polar surface area (TPSA) is 26.0 Å². The Balaban J connectivity index is 1.87. The van der Waals surface area contributed by atoms with E-state index < -0.39 is 0 Å². The maximum Gasteiger partial charge on any atom is -0.00123 e. The van der Waals surface area contributed by atoms with Crippen LogP contribution in [-0.4, -0.2) is 6.54 Å². The summed E-state index contributed by atoms with van der Waals surface area (Å²) in [7, 11) is 0. The summed E-state index contributed by atoms with van der Waals surface area (Å²) >= 11 is 0. The highest BCUT2D eigenvalue weighted by Gasteiger charge is 2.66. The normalized spacial score (nSPS) is 52.6. The first-order chi connectivity index (χ1) is 6.59. The van der Waals surface area contributed by atoms with Gasteiger partial charge in [-0.1, -0.05) is 26.0 Å². The quantitative estimate of drug-likeness (QED) is 0.667. The second-order valence-electron chi connectivity index (χ2n) is 6.31. The van der Waals surface area contributed by atoms with E-state index in [0.717, 1.165) is 24.3 Å². The van der Waals surface area contributed by atoms with Crippen LogP contribution in [0.1, 0.15) is 33.1 Å². The average molecular weight is 191 g/mol. The fourth-order valence-corrected chi connectivity index (χ4v) is 4.29. The van der Waals surface area contributed by atoms with Crippen molar-refractivity contribution in [1.29, 1.82) is 0 Å². The van der Waals surface area contributed by atoms with Crippen LogP contribution < -0.4 is 5.73 Å². The van der Waals surface area contributed by atoms with Crippen LogP contribution in [0.25, 0.3) is 0 Å². The minimum Gasteiger partial charge on any atom is -0.330 e. The summed E-state index contributed by atoms with van der Waals surface area (Å²) in [6.45, 7) is 5.70. The summed E-state index contributed by atoms with van der Waals surface area (Å²) in [6, 6.07) is 0. The van der Waals surface area contributed by atoms with Crippen LogP contribution in [0.15, 0.2) is 12.2 Å². The molecule has 0 amide bonds. The highest BCUT2D eigenvalue weighted by atomic mass is 14.8. The number of hydrogen-bond donors (Lipinski definition) is 1. The average Bonchev–Trinajstić information content (AvgIpc) is 2.62. The van der Waals surface area contributed by atoms with Crippen LogP contribution in [-0.2, 0) is 0 Å². The van der Waals surface area contributed by atoms with E-state index in [2.05, 4.69) is 26.0 Å². The monoisotopic (exact) mass is 191 g/mol. The Labute approximate surface area is 86.8 Å². The Morgan fingerprint density at radius 1 is 1.29 bits per heavy atom. The molecule has 2 fully saturated rings. The van der Waals surface area contributed by atoms with Crippen LogP contribution in [0, 0.1) is 28.6 Å². The van der Waals surface area contributed by atoms with Crippen LogP contribution in [0.4, 0.5) is 0 Å². The summed E-state index contributed by atoms with van der Waals surface area (Å²) in [6.07, 6.45) is 9.09. The van der Waals surface area contributed by atoms with Gasteiger partial charge in [0.2, 0.25) is 0 Å². The largest absolute Gasteiger partial charge is 0.330 e. The number of hydrogen-bond acceptors (Lipinski definition) is 1.